The molecule has 1 amide bonds. The molecule has 162 valence electrons. The molecule has 0 saturated carbocycles. The first kappa shape index (κ1) is 20.4. The minimum absolute atomic E-state index is 0.0692. The molecule has 0 radical (unpaired) electrons. The monoisotopic (exact) mass is 434 g/mol. The van der Waals surface area contributed by atoms with Crippen LogP contribution in [0.4, 0.5) is 18.9 Å². The van der Waals surface area contributed by atoms with E-state index in [9.17, 15) is 18.0 Å². The van der Waals surface area contributed by atoms with Crippen LogP contribution in [0.2, 0.25) is 0 Å². The van der Waals surface area contributed by atoms with Gasteiger partial charge < -0.3 is 9.47 Å². The Hall–Kier alpha value is -3.54. The second-order valence-corrected chi connectivity index (χ2v) is 8.10. The number of amides is 1. The number of allylic oxidation sites excluding steroid dienone is 4. The van der Waals surface area contributed by atoms with Crippen molar-refractivity contribution in [1.82, 2.24) is 4.57 Å². The summed E-state index contributed by atoms with van der Waals surface area (Å²) in [6, 6.07) is 18.2. The average molecular weight is 434 g/mol. The Morgan fingerprint density at radius 1 is 0.938 bits per heavy atom. The van der Waals surface area contributed by atoms with Crippen LogP contribution in [-0.4, -0.2) is 16.7 Å². The molecule has 1 aromatic heterocycles. The van der Waals surface area contributed by atoms with Crippen LogP contribution < -0.4 is 4.90 Å². The Labute approximate surface area is 184 Å². The molecule has 1 aliphatic heterocycles. The molecule has 32 heavy (non-hydrogen) atoms. The number of fused-ring (bicyclic) bond motifs is 2. The Morgan fingerprint density at radius 2 is 1.72 bits per heavy atom. The summed E-state index contributed by atoms with van der Waals surface area (Å²) in [7, 11) is 0. The van der Waals surface area contributed by atoms with Crippen LogP contribution >= 0.6 is 0 Å². The summed E-state index contributed by atoms with van der Waals surface area (Å²) in [4.78, 5) is 15.2. The lowest BCUT2D eigenvalue weighted by Crippen LogP contribution is -2.30. The van der Waals surface area contributed by atoms with Gasteiger partial charge in [0.1, 0.15) is 0 Å². The minimum Gasteiger partial charge on any atom is -0.345 e. The van der Waals surface area contributed by atoms with Crippen LogP contribution in [0.25, 0.3) is 5.57 Å². The van der Waals surface area contributed by atoms with Crippen molar-refractivity contribution in [3.05, 3.63) is 107 Å². The van der Waals surface area contributed by atoms with Crippen LogP contribution in [0.15, 0.2) is 85.1 Å². The van der Waals surface area contributed by atoms with E-state index >= 15 is 0 Å². The highest BCUT2D eigenvalue weighted by molar-refractivity contribution is 6.06. The molecule has 3 aromatic rings. The lowest BCUT2D eigenvalue weighted by molar-refractivity contribution is -0.157. The van der Waals surface area contributed by atoms with Crippen LogP contribution in [0.1, 0.15) is 33.6 Å². The van der Waals surface area contributed by atoms with Gasteiger partial charge in [-0.1, -0.05) is 48.6 Å². The number of hydrogen-bond acceptors (Lipinski definition) is 1. The normalized spacial score (nSPS) is 17.9. The Kier molecular flexibility index (Phi) is 5.00. The topological polar surface area (TPSA) is 25.2 Å². The second-order valence-electron chi connectivity index (χ2n) is 8.10. The maximum Gasteiger partial charge on any atom is 0.396 e. The first-order valence-electron chi connectivity index (χ1n) is 10.5. The van der Waals surface area contributed by atoms with Gasteiger partial charge in [-0.15, -0.1) is 0 Å². The summed E-state index contributed by atoms with van der Waals surface area (Å²) in [6.07, 6.45) is 2.32. The van der Waals surface area contributed by atoms with Crippen molar-refractivity contribution in [2.75, 3.05) is 4.90 Å². The molecule has 0 saturated heterocycles. The molecular weight excluding hydrogens is 413 g/mol. The molecule has 1 atom stereocenters. The number of nitrogens with zero attached hydrogens (tertiary/aromatic N) is 2. The zero-order chi connectivity index (χ0) is 22.3. The van der Waals surface area contributed by atoms with Crippen molar-refractivity contribution >= 4 is 17.2 Å². The number of para-hydroxylation sites is 1. The van der Waals surface area contributed by atoms with E-state index in [0.29, 0.717) is 24.2 Å². The van der Waals surface area contributed by atoms with Crippen molar-refractivity contribution in [3.8, 4) is 0 Å². The van der Waals surface area contributed by atoms with Crippen molar-refractivity contribution in [3.63, 3.8) is 0 Å². The Morgan fingerprint density at radius 3 is 2.50 bits per heavy atom. The number of aromatic nitrogens is 1. The third-order valence-electron chi connectivity index (χ3n) is 6.13. The maximum atomic E-state index is 13.5. The number of halogens is 3. The molecule has 1 aliphatic carbocycles. The number of carbonyl (C=O) groups excluding carboxylic acids is 1. The van der Waals surface area contributed by atoms with E-state index in [1.807, 2.05) is 42.6 Å². The van der Waals surface area contributed by atoms with E-state index in [4.69, 9.17) is 0 Å². The van der Waals surface area contributed by atoms with E-state index in [1.54, 1.807) is 35.2 Å². The largest absolute Gasteiger partial charge is 0.396 e. The summed E-state index contributed by atoms with van der Waals surface area (Å²) < 4.78 is 42.5. The predicted molar refractivity (Wildman–Crippen MR) is 118 cm³/mol. The van der Waals surface area contributed by atoms with Gasteiger partial charge in [-0.25, -0.2) is 0 Å². The highest BCUT2D eigenvalue weighted by Gasteiger charge is 2.42. The number of alkyl halides is 3. The summed E-state index contributed by atoms with van der Waals surface area (Å²) in [6.45, 7) is 1.11. The third kappa shape index (κ3) is 3.66. The van der Waals surface area contributed by atoms with E-state index in [-0.39, 0.29) is 17.9 Å². The molecule has 2 aromatic carbocycles. The van der Waals surface area contributed by atoms with Crippen LogP contribution in [0.5, 0.6) is 0 Å². The Balaban J connectivity index is 1.47. The third-order valence-corrected chi connectivity index (χ3v) is 6.13. The smallest absolute Gasteiger partial charge is 0.345 e. The summed E-state index contributed by atoms with van der Waals surface area (Å²) in [5.41, 5.74) is 4.08. The van der Waals surface area contributed by atoms with Gasteiger partial charge in [0.2, 0.25) is 0 Å². The minimum atomic E-state index is -4.31. The number of anilines is 1. The van der Waals surface area contributed by atoms with Gasteiger partial charge in [0.15, 0.2) is 0 Å². The number of hydrogen-bond donors (Lipinski definition) is 0. The molecule has 0 bridgehead atoms. The standard InChI is InChI=1S/C26H21F3N2O/c27-26(28,29)23-9-3-2-8-22(23)18-11-13-19(14-12-18)25(32)31-17-21-7-5-15-30(21)16-20-6-1-4-10-24(20)31/h1-8,10-15,23H,9,16-17H2. The number of carbonyl (C=O) groups is 1. The predicted octanol–water partition coefficient (Wildman–Crippen LogP) is 6.22. The highest BCUT2D eigenvalue weighted by atomic mass is 19.4. The summed E-state index contributed by atoms with van der Waals surface area (Å²) >= 11 is 0. The summed E-state index contributed by atoms with van der Waals surface area (Å²) in [5, 5.41) is 0. The average Bonchev–Trinajstić information content (AvgIpc) is 3.17. The van der Waals surface area contributed by atoms with E-state index in [0.717, 1.165) is 16.9 Å². The number of rotatable bonds is 2. The zero-order valence-electron chi connectivity index (χ0n) is 17.2. The van der Waals surface area contributed by atoms with Gasteiger partial charge in [0.25, 0.3) is 5.91 Å². The van der Waals surface area contributed by atoms with Gasteiger partial charge in [0, 0.05) is 29.7 Å². The molecule has 2 aliphatic rings. The first-order chi connectivity index (χ1) is 15.4. The SMILES string of the molecule is O=C(c1ccc(C2=CC=CCC2C(F)(F)F)cc1)N1Cc2cccn2Cc2ccccc21. The van der Waals surface area contributed by atoms with Gasteiger partial charge in [-0.05, 0) is 53.5 Å². The molecule has 0 spiro atoms. The fourth-order valence-corrected chi connectivity index (χ4v) is 4.46. The molecule has 3 nitrogen and oxygen atoms in total. The van der Waals surface area contributed by atoms with Crippen LogP contribution in [-0.2, 0) is 13.1 Å². The zero-order valence-corrected chi connectivity index (χ0v) is 17.2. The number of benzene rings is 2. The lowest BCUT2D eigenvalue weighted by Gasteiger charge is -2.25. The van der Waals surface area contributed by atoms with Crippen molar-refractivity contribution in [1.29, 1.82) is 0 Å². The van der Waals surface area contributed by atoms with E-state index < -0.39 is 12.1 Å². The van der Waals surface area contributed by atoms with Gasteiger partial charge in [-0.2, -0.15) is 13.2 Å². The quantitative estimate of drug-likeness (QED) is 0.470. The first-order valence-corrected chi connectivity index (χ1v) is 10.5. The highest BCUT2D eigenvalue weighted by Crippen LogP contribution is 2.41. The van der Waals surface area contributed by atoms with Gasteiger partial charge >= 0.3 is 6.18 Å². The maximum absolute atomic E-state index is 13.5. The summed E-state index contributed by atoms with van der Waals surface area (Å²) in [5.74, 6) is -1.71. The van der Waals surface area contributed by atoms with Gasteiger partial charge in [0.05, 0.1) is 12.5 Å². The molecular formula is C26H21F3N2O. The fourth-order valence-electron chi connectivity index (χ4n) is 4.46. The Bertz CT molecular complexity index is 1220. The molecule has 0 N–H and O–H groups in total. The van der Waals surface area contributed by atoms with Gasteiger partial charge in [-0.3, -0.25) is 4.79 Å². The molecule has 1 unspecified atom stereocenters. The molecule has 0 fully saturated rings. The fraction of sp³-hybridized carbons (Fsp3) is 0.192. The van der Waals surface area contributed by atoms with E-state index in [2.05, 4.69) is 4.57 Å². The molecule has 6 heteroatoms. The lowest BCUT2D eigenvalue weighted by atomic mass is 9.86. The molecule has 2 heterocycles. The van der Waals surface area contributed by atoms with Crippen molar-refractivity contribution in [2.24, 2.45) is 5.92 Å². The van der Waals surface area contributed by atoms with Crippen LogP contribution in [0, 0.1) is 5.92 Å². The van der Waals surface area contributed by atoms with E-state index in [1.165, 1.54) is 12.2 Å². The molecule has 5 rings (SSSR count). The second kappa shape index (κ2) is 7.86. The van der Waals surface area contributed by atoms with Crippen molar-refractivity contribution in [2.45, 2.75) is 25.7 Å². The van der Waals surface area contributed by atoms with Crippen LogP contribution in [0.3, 0.4) is 0 Å². The van der Waals surface area contributed by atoms with Crippen molar-refractivity contribution < 1.29 is 18.0 Å².